The maximum atomic E-state index is 13.4. The second-order valence-corrected chi connectivity index (χ2v) is 11.2. The summed E-state index contributed by atoms with van der Waals surface area (Å²) in [5, 5.41) is 7.12. The molecule has 2 aromatic rings. The highest BCUT2D eigenvalue weighted by molar-refractivity contribution is 7.89. The van der Waals surface area contributed by atoms with Gasteiger partial charge in [0.25, 0.3) is 0 Å². The second kappa shape index (κ2) is 9.85. The van der Waals surface area contributed by atoms with Crippen LogP contribution in [0.25, 0.3) is 12.2 Å². The molecular formula is C24H33N3O5S. The lowest BCUT2D eigenvalue weighted by molar-refractivity contribution is -0.127. The summed E-state index contributed by atoms with van der Waals surface area (Å²) in [6, 6.07) is 3.73. The van der Waals surface area contributed by atoms with Crippen LogP contribution in [0.15, 0.2) is 32.2 Å². The molecule has 180 valence electrons. The number of nitrogens with one attached hydrogen (secondary N) is 1. The topological polar surface area (TPSA) is 106 Å². The zero-order chi connectivity index (χ0) is 23.6. The summed E-state index contributed by atoms with van der Waals surface area (Å²) < 4.78 is 38.8. The number of hydrogen-bond donors (Lipinski definition) is 1. The maximum absolute atomic E-state index is 13.4. The van der Waals surface area contributed by atoms with Crippen LogP contribution in [0.1, 0.15) is 63.2 Å². The van der Waals surface area contributed by atoms with Crippen molar-refractivity contribution in [2.24, 2.45) is 17.8 Å². The van der Waals surface area contributed by atoms with Gasteiger partial charge in [0, 0.05) is 25.0 Å². The molecule has 1 aliphatic heterocycles. The smallest absolute Gasteiger partial charge is 0.248 e. The van der Waals surface area contributed by atoms with Crippen molar-refractivity contribution in [3.05, 3.63) is 35.6 Å². The van der Waals surface area contributed by atoms with E-state index in [4.69, 9.17) is 8.94 Å². The Kier molecular flexibility index (Phi) is 7.09. The van der Waals surface area contributed by atoms with E-state index in [0.29, 0.717) is 49.2 Å². The summed E-state index contributed by atoms with van der Waals surface area (Å²) in [6.07, 6.45) is 9.12. The van der Waals surface area contributed by atoms with Gasteiger partial charge in [0.2, 0.25) is 15.9 Å². The molecule has 1 amide bonds. The number of carbonyl (C=O) groups is 1. The highest BCUT2D eigenvalue weighted by Crippen LogP contribution is 2.32. The van der Waals surface area contributed by atoms with Crippen molar-refractivity contribution in [1.29, 1.82) is 0 Å². The molecule has 8 nitrogen and oxygen atoms in total. The predicted molar refractivity (Wildman–Crippen MR) is 124 cm³/mol. The Balaban J connectivity index is 1.40. The first-order valence-corrected chi connectivity index (χ1v) is 13.2. The Morgan fingerprint density at radius 3 is 2.64 bits per heavy atom. The molecular weight excluding hydrogens is 442 g/mol. The van der Waals surface area contributed by atoms with E-state index in [1.165, 1.54) is 10.7 Å². The molecule has 3 atom stereocenters. The third-order valence-electron chi connectivity index (χ3n) is 7.23. The van der Waals surface area contributed by atoms with E-state index in [1.807, 2.05) is 0 Å². The van der Waals surface area contributed by atoms with Gasteiger partial charge in [0.1, 0.15) is 11.5 Å². The fourth-order valence-electron chi connectivity index (χ4n) is 4.92. The molecule has 1 saturated carbocycles. The largest absolute Gasteiger partial charge is 0.465 e. The second-order valence-electron chi connectivity index (χ2n) is 9.37. The number of hydrogen-bond acceptors (Lipinski definition) is 6. The number of amides is 1. The molecule has 4 rings (SSSR count). The maximum Gasteiger partial charge on any atom is 0.248 e. The van der Waals surface area contributed by atoms with Gasteiger partial charge in [-0.25, -0.2) is 8.42 Å². The van der Waals surface area contributed by atoms with E-state index < -0.39 is 10.0 Å². The molecule has 1 aliphatic carbocycles. The van der Waals surface area contributed by atoms with E-state index in [1.54, 1.807) is 37.5 Å². The number of sulfonamides is 1. The van der Waals surface area contributed by atoms with Gasteiger partial charge >= 0.3 is 0 Å². The first kappa shape index (κ1) is 23.8. The van der Waals surface area contributed by atoms with E-state index in [2.05, 4.69) is 24.3 Å². The number of nitrogens with zero attached hydrogens (tertiary/aromatic N) is 2. The standard InChI is InChI=1S/C24H33N3O5S/c1-16-6-4-8-21(17(16)2)25-24(28)19-11-13-27(14-12-19)33(29,30)23-18(3)26-32-22(23)10-9-20-7-5-15-31-20/h5,7,9-10,15-17,19,21H,4,6,8,11-14H2,1-3H3,(H,25,28). The Bertz CT molecular complexity index is 1080. The third-order valence-corrected chi connectivity index (χ3v) is 9.29. The van der Waals surface area contributed by atoms with E-state index in [0.717, 1.165) is 12.8 Å². The minimum Gasteiger partial charge on any atom is -0.465 e. The van der Waals surface area contributed by atoms with Crippen LogP contribution in [0.3, 0.4) is 0 Å². The lowest BCUT2D eigenvalue weighted by atomic mass is 9.78. The first-order valence-electron chi connectivity index (χ1n) is 11.8. The van der Waals surface area contributed by atoms with Crippen molar-refractivity contribution in [1.82, 2.24) is 14.8 Å². The van der Waals surface area contributed by atoms with E-state index in [-0.39, 0.29) is 28.5 Å². The summed E-state index contributed by atoms with van der Waals surface area (Å²) in [7, 11) is -3.80. The Morgan fingerprint density at radius 1 is 1.18 bits per heavy atom. The van der Waals surface area contributed by atoms with Crippen molar-refractivity contribution in [3.8, 4) is 0 Å². The molecule has 3 heterocycles. The van der Waals surface area contributed by atoms with Crippen LogP contribution < -0.4 is 5.32 Å². The van der Waals surface area contributed by atoms with Crippen LogP contribution in [-0.2, 0) is 14.8 Å². The summed E-state index contributed by atoms with van der Waals surface area (Å²) in [4.78, 5) is 13.0. The van der Waals surface area contributed by atoms with Gasteiger partial charge in [0.15, 0.2) is 10.7 Å². The molecule has 33 heavy (non-hydrogen) atoms. The zero-order valence-corrected chi connectivity index (χ0v) is 20.3. The minimum absolute atomic E-state index is 0.0567. The summed E-state index contributed by atoms with van der Waals surface area (Å²) in [6.45, 7) is 6.67. The van der Waals surface area contributed by atoms with Crippen LogP contribution in [0, 0.1) is 24.7 Å². The minimum atomic E-state index is -3.80. The molecule has 0 spiro atoms. The normalized spacial score (nSPS) is 25.5. The molecule has 1 N–H and O–H groups in total. The van der Waals surface area contributed by atoms with Crippen LogP contribution in [0.5, 0.6) is 0 Å². The molecule has 0 bridgehead atoms. The molecule has 2 aromatic heterocycles. The van der Waals surface area contributed by atoms with E-state index >= 15 is 0 Å². The van der Waals surface area contributed by atoms with Gasteiger partial charge in [-0.1, -0.05) is 31.8 Å². The average molecular weight is 476 g/mol. The van der Waals surface area contributed by atoms with E-state index in [9.17, 15) is 13.2 Å². The average Bonchev–Trinajstić information content (AvgIpc) is 3.45. The lowest BCUT2D eigenvalue weighted by Gasteiger charge is -2.36. The Labute approximate surface area is 195 Å². The quantitative estimate of drug-likeness (QED) is 0.675. The molecule has 2 aliphatic rings. The van der Waals surface area contributed by atoms with Gasteiger partial charge in [0.05, 0.1) is 6.26 Å². The molecule has 2 fully saturated rings. The number of aryl methyl sites for hydroxylation is 1. The Morgan fingerprint density at radius 2 is 1.94 bits per heavy atom. The van der Waals surface area contributed by atoms with Crippen LogP contribution >= 0.6 is 0 Å². The summed E-state index contributed by atoms with van der Waals surface area (Å²) in [5.41, 5.74) is 0.314. The first-order chi connectivity index (χ1) is 15.8. The number of carbonyl (C=O) groups excluding carboxylic acids is 1. The summed E-state index contributed by atoms with van der Waals surface area (Å²) >= 11 is 0. The summed E-state index contributed by atoms with van der Waals surface area (Å²) in [5.74, 6) is 1.72. The van der Waals surface area contributed by atoms with Gasteiger partial charge < -0.3 is 14.3 Å². The number of aromatic nitrogens is 1. The molecule has 3 unspecified atom stereocenters. The molecule has 9 heteroatoms. The number of furan rings is 1. The highest BCUT2D eigenvalue weighted by Gasteiger charge is 2.37. The van der Waals surface area contributed by atoms with Crippen LogP contribution in [0.4, 0.5) is 0 Å². The van der Waals surface area contributed by atoms with Crippen molar-refractivity contribution in [3.63, 3.8) is 0 Å². The lowest BCUT2D eigenvalue weighted by Crippen LogP contribution is -2.48. The molecule has 0 radical (unpaired) electrons. The van der Waals surface area contributed by atoms with Crippen molar-refractivity contribution in [2.45, 2.75) is 63.8 Å². The van der Waals surface area contributed by atoms with Gasteiger partial charge in [-0.3, -0.25) is 4.79 Å². The SMILES string of the molecule is Cc1noc(C=Cc2ccco2)c1S(=O)(=O)N1CCC(C(=O)NC2CCCC(C)C2C)CC1. The number of rotatable bonds is 6. The van der Waals surface area contributed by atoms with Crippen LogP contribution in [-0.4, -0.2) is 42.9 Å². The Hall–Kier alpha value is -2.39. The van der Waals surface area contributed by atoms with Crippen LogP contribution in [0.2, 0.25) is 0 Å². The van der Waals surface area contributed by atoms with Gasteiger partial charge in [-0.2, -0.15) is 4.31 Å². The van der Waals surface area contributed by atoms with Gasteiger partial charge in [-0.15, -0.1) is 0 Å². The predicted octanol–water partition coefficient (Wildman–Crippen LogP) is 4.09. The fourth-order valence-corrected chi connectivity index (χ4v) is 6.64. The third kappa shape index (κ3) is 5.09. The van der Waals surface area contributed by atoms with Crippen molar-refractivity contribution < 1.29 is 22.2 Å². The highest BCUT2D eigenvalue weighted by atomic mass is 32.2. The van der Waals surface area contributed by atoms with Crippen molar-refractivity contribution >= 4 is 28.1 Å². The fraction of sp³-hybridized carbons (Fsp3) is 0.583. The van der Waals surface area contributed by atoms with Crippen molar-refractivity contribution in [2.75, 3.05) is 13.1 Å². The monoisotopic (exact) mass is 475 g/mol. The number of piperidine rings is 1. The molecule has 0 aromatic carbocycles. The van der Waals surface area contributed by atoms with Gasteiger partial charge in [-0.05, 0) is 62.3 Å². The molecule has 1 saturated heterocycles. The zero-order valence-electron chi connectivity index (χ0n) is 19.5.